The van der Waals surface area contributed by atoms with Crippen molar-refractivity contribution in [1.82, 2.24) is 20.1 Å². The number of nitrogens with zero attached hydrogens (tertiary/aromatic N) is 3. The van der Waals surface area contributed by atoms with Gasteiger partial charge in [0, 0.05) is 12.2 Å². The van der Waals surface area contributed by atoms with Gasteiger partial charge in [-0.05, 0) is 25.5 Å². The van der Waals surface area contributed by atoms with Crippen LogP contribution >= 0.6 is 0 Å². The Hall–Kier alpha value is -1.72. The number of hydrogen-bond acceptors (Lipinski definition) is 4. The summed E-state index contributed by atoms with van der Waals surface area (Å²) in [5, 5.41) is 21.3. The van der Waals surface area contributed by atoms with Crippen LogP contribution in [0.4, 0.5) is 0 Å². The van der Waals surface area contributed by atoms with Gasteiger partial charge >= 0.3 is 0 Å². The molecule has 0 radical (unpaired) electrons. The summed E-state index contributed by atoms with van der Waals surface area (Å²) >= 11 is 0. The maximum atomic E-state index is 9.61. The van der Waals surface area contributed by atoms with Crippen LogP contribution in [0.25, 0.3) is 5.69 Å². The minimum absolute atomic E-state index is 0.0707. The van der Waals surface area contributed by atoms with E-state index in [0.717, 1.165) is 17.3 Å². The van der Waals surface area contributed by atoms with Gasteiger partial charge in [-0.3, -0.25) is 4.57 Å². The molecule has 2 heterocycles. The molecule has 1 aromatic carbocycles. The lowest BCUT2D eigenvalue weighted by atomic mass is 10.2. The quantitative estimate of drug-likeness (QED) is 0.826. The Kier molecular flexibility index (Phi) is 2.85. The first-order valence-electron chi connectivity index (χ1n) is 6.14. The summed E-state index contributed by atoms with van der Waals surface area (Å²) in [5.41, 5.74) is 1.05. The van der Waals surface area contributed by atoms with Gasteiger partial charge in [-0.25, -0.2) is 0 Å². The van der Waals surface area contributed by atoms with Crippen LogP contribution in [0.1, 0.15) is 24.1 Å². The fourth-order valence-electron chi connectivity index (χ4n) is 2.41. The second-order valence-electron chi connectivity index (χ2n) is 4.63. The summed E-state index contributed by atoms with van der Waals surface area (Å²) in [6.07, 6.45) is 0.390. The number of β-amino-alcohol motifs (C(OH)–C–C–N with tert-alkyl or cyclic N) is 1. The van der Waals surface area contributed by atoms with E-state index in [1.165, 1.54) is 0 Å². The zero-order chi connectivity index (χ0) is 12.5. The van der Waals surface area contributed by atoms with E-state index in [2.05, 4.69) is 15.5 Å². The van der Waals surface area contributed by atoms with Crippen molar-refractivity contribution in [2.45, 2.75) is 25.5 Å². The number of para-hydroxylation sites is 1. The lowest BCUT2D eigenvalue weighted by Crippen LogP contribution is -2.18. The maximum absolute atomic E-state index is 9.61. The second kappa shape index (κ2) is 4.51. The van der Waals surface area contributed by atoms with Crippen LogP contribution in [-0.2, 0) is 0 Å². The monoisotopic (exact) mass is 244 g/mol. The van der Waals surface area contributed by atoms with Crippen LogP contribution in [0.2, 0.25) is 0 Å². The largest absolute Gasteiger partial charge is 0.392 e. The van der Waals surface area contributed by atoms with E-state index in [4.69, 9.17) is 0 Å². The van der Waals surface area contributed by atoms with Crippen LogP contribution in [0.5, 0.6) is 0 Å². The van der Waals surface area contributed by atoms with E-state index in [1.54, 1.807) is 0 Å². The third kappa shape index (κ3) is 1.91. The van der Waals surface area contributed by atoms with E-state index >= 15 is 0 Å². The van der Waals surface area contributed by atoms with Crippen molar-refractivity contribution in [3.8, 4) is 5.69 Å². The van der Waals surface area contributed by atoms with E-state index in [9.17, 15) is 5.11 Å². The summed E-state index contributed by atoms with van der Waals surface area (Å²) in [4.78, 5) is 0. The molecule has 0 aliphatic carbocycles. The number of aromatic nitrogens is 3. The number of hydrogen-bond donors (Lipinski definition) is 2. The van der Waals surface area contributed by atoms with Crippen LogP contribution in [0.3, 0.4) is 0 Å². The number of aliphatic hydroxyl groups excluding tert-OH is 1. The van der Waals surface area contributed by atoms with Gasteiger partial charge in [-0.1, -0.05) is 18.2 Å². The van der Waals surface area contributed by atoms with Gasteiger partial charge in [0.2, 0.25) is 0 Å². The molecule has 1 aliphatic rings. The van der Waals surface area contributed by atoms with E-state index in [-0.39, 0.29) is 12.1 Å². The Morgan fingerprint density at radius 2 is 2.06 bits per heavy atom. The summed E-state index contributed by atoms with van der Waals surface area (Å²) in [5.74, 6) is 1.73. The van der Waals surface area contributed by atoms with Crippen molar-refractivity contribution in [3.63, 3.8) is 0 Å². The fraction of sp³-hybridized carbons (Fsp3) is 0.385. The van der Waals surface area contributed by atoms with E-state index in [1.807, 2.05) is 41.8 Å². The van der Waals surface area contributed by atoms with Gasteiger partial charge in [-0.2, -0.15) is 0 Å². The van der Waals surface area contributed by atoms with E-state index in [0.29, 0.717) is 13.0 Å². The summed E-state index contributed by atoms with van der Waals surface area (Å²) in [6, 6.07) is 10.1. The van der Waals surface area contributed by atoms with Gasteiger partial charge < -0.3 is 10.4 Å². The lowest BCUT2D eigenvalue weighted by molar-refractivity contribution is 0.193. The van der Waals surface area contributed by atoms with E-state index < -0.39 is 0 Å². The molecule has 0 unspecified atom stereocenters. The SMILES string of the molecule is Cc1nnc([C@@H]2C[C@@H](O)CN2)n1-c1ccccc1. The number of rotatable bonds is 2. The average molecular weight is 244 g/mol. The highest BCUT2D eigenvalue weighted by molar-refractivity contribution is 5.34. The third-order valence-corrected chi connectivity index (χ3v) is 3.28. The van der Waals surface area contributed by atoms with Crippen molar-refractivity contribution in [3.05, 3.63) is 42.0 Å². The average Bonchev–Trinajstić information content (AvgIpc) is 2.96. The molecule has 2 atom stereocenters. The molecule has 5 nitrogen and oxygen atoms in total. The van der Waals surface area contributed by atoms with Crippen molar-refractivity contribution >= 4 is 0 Å². The Labute approximate surface area is 105 Å². The molecule has 18 heavy (non-hydrogen) atoms. The predicted octanol–water partition coefficient (Wildman–Crippen LogP) is 0.971. The molecule has 94 valence electrons. The van der Waals surface area contributed by atoms with Gasteiger partial charge in [0.15, 0.2) is 5.82 Å². The highest BCUT2D eigenvalue weighted by Gasteiger charge is 2.28. The second-order valence-corrected chi connectivity index (χ2v) is 4.63. The number of aryl methyl sites for hydroxylation is 1. The Morgan fingerprint density at radius 3 is 2.72 bits per heavy atom. The molecule has 1 fully saturated rings. The maximum Gasteiger partial charge on any atom is 0.154 e. The Morgan fingerprint density at radius 1 is 1.28 bits per heavy atom. The molecule has 2 aromatic rings. The molecular formula is C13H16N4O. The normalized spacial score (nSPS) is 23.4. The molecule has 0 spiro atoms. The van der Waals surface area contributed by atoms with Crippen molar-refractivity contribution in [1.29, 1.82) is 0 Å². The first kappa shape index (κ1) is 11.4. The topological polar surface area (TPSA) is 63.0 Å². The van der Waals surface area contributed by atoms with Crippen LogP contribution in [0, 0.1) is 6.92 Å². The third-order valence-electron chi connectivity index (χ3n) is 3.28. The molecule has 1 aromatic heterocycles. The van der Waals surface area contributed by atoms with Crippen molar-refractivity contribution in [2.24, 2.45) is 0 Å². The van der Waals surface area contributed by atoms with Gasteiger partial charge in [0.1, 0.15) is 5.82 Å². The predicted molar refractivity (Wildman–Crippen MR) is 67.5 cm³/mol. The van der Waals surface area contributed by atoms with Gasteiger partial charge in [0.25, 0.3) is 0 Å². The number of nitrogens with one attached hydrogen (secondary N) is 1. The Bertz CT molecular complexity index is 537. The van der Waals surface area contributed by atoms with Crippen LogP contribution in [0.15, 0.2) is 30.3 Å². The summed E-state index contributed by atoms with van der Waals surface area (Å²) < 4.78 is 2.04. The van der Waals surface area contributed by atoms with Crippen molar-refractivity contribution in [2.75, 3.05) is 6.54 Å². The zero-order valence-corrected chi connectivity index (χ0v) is 10.2. The molecule has 0 bridgehead atoms. The number of benzene rings is 1. The van der Waals surface area contributed by atoms with Gasteiger partial charge in [-0.15, -0.1) is 10.2 Å². The zero-order valence-electron chi connectivity index (χ0n) is 10.2. The first-order valence-corrected chi connectivity index (χ1v) is 6.14. The molecule has 3 rings (SSSR count). The summed E-state index contributed by atoms with van der Waals surface area (Å²) in [7, 11) is 0. The lowest BCUT2D eigenvalue weighted by Gasteiger charge is -2.13. The van der Waals surface area contributed by atoms with Crippen LogP contribution in [-0.4, -0.2) is 32.5 Å². The molecule has 1 saturated heterocycles. The van der Waals surface area contributed by atoms with Crippen LogP contribution < -0.4 is 5.32 Å². The smallest absolute Gasteiger partial charge is 0.154 e. The van der Waals surface area contributed by atoms with Gasteiger partial charge in [0.05, 0.1) is 12.1 Å². The molecular weight excluding hydrogens is 228 g/mol. The highest BCUT2D eigenvalue weighted by atomic mass is 16.3. The standard InChI is InChI=1S/C13H16N4O/c1-9-15-16-13(12-7-11(18)8-14-12)17(9)10-5-3-2-4-6-10/h2-6,11-12,14,18H,7-8H2,1H3/t11-,12+/m1/s1. The Balaban J connectivity index is 2.02. The number of aliphatic hydroxyl groups is 1. The molecule has 0 saturated carbocycles. The van der Waals surface area contributed by atoms with Crippen molar-refractivity contribution < 1.29 is 5.11 Å². The minimum atomic E-state index is -0.295. The molecule has 2 N–H and O–H groups in total. The fourth-order valence-corrected chi connectivity index (χ4v) is 2.41. The first-order chi connectivity index (χ1) is 8.75. The summed E-state index contributed by atoms with van der Waals surface area (Å²) in [6.45, 7) is 2.56. The molecule has 5 heteroatoms. The minimum Gasteiger partial charge on any atom is -0.392 e. The highest BCUT2D eigenvalue weighted by Crippen LogP contribution is 2.24. The molecule has 0 amide bonds. The molecule has 1 aliphatic heterocycles.